The van der Waals surface area contributed by atoms with Crippen molar-refractivity contribution in [3.63, 3.8) is 0 Å². The summed E-state index contributed by atoms with van der Waals surface area (Å²) in [6.07, 6.45) is 3.44. The molecule has 0 aliphatic carbocycles. The topological polar surface area (TPSA) is 68.0 Å². The SMILES string of the molecule is CC(NC(=O)c1ccccc1N)c1cccnc1. The Balaban J connectivity index is 2.11. The van der Waals surface area contributed by atoms with Crippen molar-refractivity contribution in [2.24, 2.45) is 0 Å². The van der Waals surface area contributed by atoms with Crippen LogP contribution in [0.1, 0.15) is 28.9 Å². The minimum Gasteiger partial charge on any atom is -0.398 e. The number of pyridine rings is 1. The van der Waals surface area contributed by atoms with Gasteiger partial charge in [-0.25, -0.2) is 0 Å². The fourth-order valence-electron chi connectivity index (χ4n) is 1.69. The lowest BCUT2D eigenvalue weighted by Gasteiger charge is -2.14. The highest BCUT2D eigenvalue weighted by molar-refractivity contribution is 5.99. The molecule has 0 spiro atoms. The Hall–Kier alpha value is -2.36. The molecule has 92 valence electrons. The molecular weight excluding hydrogens is 226 g/mol. The van der Waals surface area contributed by atoms with E-state index in [1.165, 1.54) is 0 Å². The van der Waals surface area contributed by atoms with Crippen LogP contribution in [-0.2, 0) is 0 Å². The number of nitrogens with two attached hydrogens (primary N) is 1. The van der Waals surface area contributed by atoms with Crippen LogP contribution in [0.2, 0.25) is 0 Å². The molecule has 0 bridgehead atoms. The predicted molar refractivity (Wildman–Crippen MR) is 71.0 cm³/mol. The number of carbonyl (C=O) groups is 1. The number of hydrogen-bond acceptors (Lipinski definition) is 3. The third-order valence-electron chi connectivity index (χ3n) is 2.74. The number of hydrogen-bond donors (Lipinski definition) is 2. The monoisotopic (exact) mass is 241 g/mol. The molecule has 0 saturated carbocycles. The first-order valence-corrected chi connectivity index (χ1v) is 5.74. The van der Waals surface area contributed by atoms with Crippen molar-refractivity contribution in [3.8, 4) is 0 Å². The largest absolute Gasteiger partial charge is 0.398 e. The van der Waals surface area contributed by atoms with E-state index in [1.54, 1.807) is 36.7 Å². The fourth-order valence-corrected chi connectivity index (χ4v) is 1.69. The van der Waals surface area contributed by atoms with Gasteiger partial charge in [-0.1, -0.05) is 18.2 Å². The Morgan fingerprint density at radius 1 is 1.28 bits per heavy atom. The lowest BCUT2D eigenvalue weighted by atomic mass is 10.1. The summed E-state index contributed by atoms with van der Waals surface area (Å²) in [6, 6.07) is 10.7. The van der Waals surface area contributed by atoms with Crippen LogP contribution in [0.25, 0.3) is 0 Å². The Labute approximate surface area is 106 Å². The molecule has 0 aliphatic heterocycles. The van der Waals surface area contributed by atoms with E-state index in [-0.39, 0.29) is 11.9 Å². The molecule has 1 atom stereocenters. The summed E-state index contributed by atoms with van der Waals surface area (Å²) >= 11 is 0. The van der Waals surface area contributed by atoms with E-state index in [9.17, 15) is 4.79 Å². The lowest BCUT2D eigenvalue weighted by Crippen LogP contribution is -2.27. The van der Waals surface area contributed by atoms with Gasteiger partial charge in [-0.05, 0) is 30.7 Å². The van der Waals surface area contributed by atoms with Crippen LogP contribution in [0.5, 0.6) is 0 Å². The molecule has 0 fully saturated rings. The third-order valence-corrected chi connectivity index (χ3v) is 2.74. The quantitative estimate of drug-likeness (QED) is 0.809. The van der Waals surface area contributed by atoms with E-state index < -0.39 is 0 Å². The van der Waals surface area contributed by atoms with Crippen LogP contribution in [0, 0.1) is 0 Å². The summed E-state index contributed by atoms with van der Waals surface area (Å²) in [6.45, 7) is 1.91. The zero-order valence-electron chi connectivity index (χ0n) is 10.1. The van der Waals surface area contributed by atoms with E-state index in [0.717, 1.165) is 5.56 Å². The first-order valence-electron chi connectivity index (χ1n) is 5.74. The van der Waals surface area contributed by atoms with Crippen molar-refractivity contribution in [2.75, 3.05) is 5.73 Å². The lowest BCUT2D eigenvalue weighted by molar-refractivity contribution is 0.0941. The van der Waals surface area contributed by atoms with Gasteiger partial charge in [0.25, 0.3) is 5.91 Å². The average Bonchev–Trinajstić information content (AvgIpc) is 2.40. The van der Waals surface area contributed by atoms with Gasteiger partial charge < -0.3 is 11.1 Å². The zero-order chi connectivity index (χ0) is 13.0. The van der Waals surface area contributed by atoms with Crippen molar-refractivity contribution in [2.45, 2.75) is 13.0 Å². The van der Waals surface area contributed by atoms with Gasteiger partial charge >= 0.3 is 0 Å². The number of para-hydroxylation sites is 1. The number of nitrogens with zero attached hydrogens (tertiary/aromatic N) is 1. The second kappa shape index (κ2) is 5.31. The molecule has 0 saturated heterocycles. The number of amides is 1. The first-order chi connectivity index (χ1) is 8.68. The summed E-state index contributed by atoms with van der Waals surface area (Å²) in [5.74, 6) is -0.176. The van der Waals surface area contributed by atoms with Gasteiger partial charge in [-0.3, -0.25) is 9.78 Å². The van der Waals surface area contributed by atoms with Crippen molar-refractivity contribution in [1.29, 1.82) is 0 Å². The highest BCUT2D eigenvalue weighted by Gasteiger charge is 2.13. The highest BCUT2D eigenvalue weighted by Crippen LogP contribution is 2.14. The molecule has 0 aliphatic rings. The second-order valence-corrected chi connectivity index (χ2v) is 4.07. The Morgan fingerprint density at radius 2 is 2.06 bits per heavy atom. The van der Waals surface area contributed by atoms with E-state index in [1.807, 2.05) is 19.1 Å². The molecule has 18 heavy (non-hydrogen) atoms. The summed E-state index contributed by atoms with van der Waals surface area (Å²) in [4.78, 5) is 16.1. The Kier molecular flexibility index (Phi) is 3.57. The maximum atomic E-state index is 12.0. The van der Waals surface area contributed by atoms with Gasteiger partial charge in [0, 0.05) is 18.1 Å². The number of rotatable bonds is 3. The van der Waals surface area contributed by atoms with Gasteiger partial charge in [0.1, 0.15) is 0 Å². The van der Waals surface area contributed by atoms with Gasteiger partial charge in [-0.2, -0.15) is 0 Å². The number of benzene rings is 1. The maximum Gasteiger partial charge on any atom is 0.253 e. The minimum atomic E-state index is -0.176. The summed E-state index contributed by atoms with van der Waals surface area (Å²) in [5, 5.41) is 2.89. The van der Waals surface area contributed by atoms with Crippen LogP contribution < -0.4 is 11.1 Å². The molecule has 4 nitrogen and oxygen atoms in total. The van der Waals surface area contributed by atoms with Gasteiger partial charge in [-0.15, -0.1) is 0 Å². The molecule has 1 unspecified atom stereocenters. The Bertz CT molecular complexity index is 540. The zero-order valence-corrected chi connectivity index (χ0v) is 10.1. The molecule has 3 N–H and O–H groups in total. The summed E-state index contributed by atoms with van der Waals surface area (Å²) in [5.41, 5.74) is 7.70. The van der Waals surface area contributed by atoms with E-state index in [2.05, 4.69) is 10.3 Å². The molecule has 1 heterocycles. The van der Waals surface area contributed by atoms with E-state index >= 15 is 0 Å². The van der Waals surface area contributed by atoms with Crippen LogP contribution in [0.4, 0.5) is 5.69 Å². The van der Waals surface area contributed by atoms with Crippen LogP contribution in [-0.4, -0.2) is 10.9 Å². The van der Waals surface area contributed by atoms with E-state index in [0.29, 0.717) is 11.3 Å². The number of nitrogen functional groups attached to an aromatic ring is 1. The van der Waals surface area contributed by atoms with Gasteiger partial charge in [0.05, 0.1) is 11.6 Å². The number of aromatic nitrogens is 1. The normalized spacial score (nSPS) is 11.8. The Morgan fingerprint density at radius 3 is 2.72 bits per heavy atom. The summed E-state index contributed by atoms with van der Waals surface area (Å²) < 4.78 is 0. The molecule has 4 heteroatoms. The molecule has 1 amide bonds. The molecule has 0 radical (unpaired) electrons. The predicted octanol–water partition coefficient (Wildman–Crippen LogP) is 2.15. The van der Waals surface area contributed by atoms with Gasteiger partial charge in [0.15, 0.2) is 0 Å². The average molecular weight is 241 g/mol. The van der Waals surface area contributed by atoms with E-state index in [4.69, 9.17) is 5.73 Å². The number of anilines is 1. The maximum absolute atomic E-state index is 12.0. The van der Waals surface area contributed by atoms with Crippen molar-refractivity contribution < 1.29 is 4.79 Å². The smallest absolute Gasteiger partial charge is 0.253 e. The van der Waals surface area contributed by atoms with Crippen molar-refractivity contribution >= 4 is 11.6 Å². The highest BCUT2D eigenvalue weighted by atomic mass is 16.1. The van der Waals surface area contributed by atoms with Crippen LogP contribution >= 0.6 is 0 Å². The first kappa shape index (κ1) is 12.1. The standard InChI is InChI=1S/C14H15N3O/c1-10(11-5-4-8-16-9-11)17-14(18)12-6-2-3-7-13(12)15/h2-10H,15H2,1H3,(H,17,18). The fraction of sp³-hybridized carbons (Fsp3) is 0.143. The van der Waals surface area contributed by atoms with Crippen molar-refractivity contribution in [3.05, 3.63) is 59.9 Å². The molecular formula is C14H15N3O. The second-order valence-electron chi connectivity index (χ2n) is 4.07. The summed E-state index contributed by atoms with van der Waals surface area (Å²) in [7, 11) is 0. The van der Waals surface area contributed by atoms with Crippen LogP contribution in [0.15, 0.2) is 48.8 Å². The minimum absolute atomic E-state index is 0.106. The molecule has 1 aromatic carbocycles. The molecule has 2 aromatic rings. The van der Waals surface area contributed by atoms with Gasteiger partial charge in [0.2, 0.25) is 0 Å². The molecule has 1 aromatic heterocycles. The van der Waals surface area contributed by atoms with Crippen molar-refractivity contribution in [1.82, 2.24) is 10.3 Å². The van der Waals surface area contributed by atoms with Crippen LogP contribution in [0.3, 0.4) is 0 Å². The number of carbonyl (C=O) groups excluding carboxylic acids is 1. The molecule has 2 rings (SSSR count). The number of nitrogens with one attached hydrogen (secondary N) is 1. The third kappa shape index (κ3) is 2.66.